The minimum atomic E-state index is -0.129. The van der Waals surface area contributed by atoms with E-state index in [-0.39, 0.29) is 35.4 Å². The molecular weight excluding hydrogens is 655 g/mol. The average molecular weight is 692 g/mol. The van der Waals surface area contributed by atoms with Crippen molar-refractivity contribution in [2.24, 2.45) is 0 Å². The van der Waals surface area contributed by atoms with E-state index < -0.39 is 0 Å². The zero-order chi connectivity index (χ0) is 39.1. The SMILES string of the molecule is [2H]c1c([2H])c(N(c2ccccc2-c2cccc3oc4cc5ccccc5cc4c23)c2cccc3ccccc23)c([2H])c([2H])c1-c1ccc2c(ccc3ccccc32)c1. The predicted octanol–water partition coefficient (Wildman–Crippen LogP) is 15.0. The van der Waals surface area contributed by atoms with Gasteiger partial charge in [-0.15, -0.1) is 0 Å². The quantitative estimate of drug-likeness (QED) is 0.167. The van der Waals surface area contributed by atoms with Crippen LogP contribution in [0.3, 0.4) is 0 Å². The molecule has 2 heteroatoms. The lowest BCUT2D eigenvalue weighted by atomic mass is 9.95. The van der Waals surface area contributed by atoms with E-state index in [1.807, 2.05) is 120 Å². The fraction of sp³-hybridized carbons (Fsp3) is 0. The van der Waals surface area contributed by atoms with Crippen LogP contribution in [0, 0.1) is 0 Å². The Morgan fingerprint density at radius 3 is 1.83 bits per heavy atom. The van der Waals surface area contributed by atoms with Crippen LogP contribution in [0.5, 0.6) is 0 Å². The first-order valence-electron chi connectivity index (χ1n) is 20.2. The number of benzene rings is 10. The van der Waals surface area contributed by atoms with Crippen molar-refractivity contribution < 1.29 is 9.90 Å². The van der Waals surface area contributed by atoms with Crippen LogP contribution in [-0.4, -0.2) is 0 Å². The molecule has 0 saturated carbocycles. The van der Waals surface area contributed by atoms with E-state index in [2.05, 4.69) is 60.7 Å². The summed E-state index contributed by atoms with van der Waals surface area (Å²) in [6.07, 6.45) is 0. The molecule has 0 aliphatic carbocycles. The van der Waals surface area contributed by atoms with E-state index in [9.17, 15) is 5.48 Å². The van der Waals surface area contributed by atoms with Crippen LogP contribution in [0.2, 0.25) is 0 Å². The van der Waals surface area contributed by atoms with Crippen molar-refractivity contribution in [3.8, 4) is 22.3 Å². The Bertz CT molecular complexity index is 3440. The van der Waals surface area contributed by atoms with Gasteiger partial charge in [0.2, 0.25) is 0 Å². The molecule has 0 spiro atoms. The molecule has 1 heterocycles. The van der Waals surface area contributed by atoms with Gasteiger partial charge in [0.15, 0.2) is 0 Å². The predicted molar refractivity (Wildman–Crippen MR) is 229 cm³/mol. The first-order valence-corrected chi connectivity index (χ1v) is 18.2. The Labute approximate surface area is 318 Å². The van der Waals surface area contributed by atoms with Crippen LogP contribution in [0.25, 0.3) is 87.3 Å². The minimum Gasteiger partial charge on any atom is -0.456 e. The van der Waals surface area contributed by atoms with Gasteiger partial charge in [0.1, 0.15) is 11.2 Å². The summed E-state index contributed by atoms with van der Waals surface area (Å²) < 4.78 is 45.1. The van der Waals surface area contributed by atoms with Crippen LogP contribution < -0.4 is 4.90 Å². The molecule has 252 valence electrons. The van der Waals surface area contributed by atoms with E-state index in [4.69, 9.17) is 4.42 Å². The fourth-order valence-electron chi connectivity index (χ4n) is 8.14. The summed E-state index contributed by atoms with van der Waals surface area (Å²) in [4.78, 5) is 1.92. The van der Waals surface area contributed by atoms with Crippen molar-refractivity contribution >= 4 is 82.1 Å². The molecule has 1 aromatic heterocycles. The molecule has 54 heavy (non-hydrogen) atoms. The Hall–Kier alpha value is -7.16. The van der Waals surface area contributed by atoms with Crippen molar-refractivity contribution in [3.63, 3.8) is 0 Å². The maximum absolute atomic E-state index is 9.75. The van der Waals surface area contributed by atoms with Gasteiger partial charge in [0.25, 0.3) is 0 Å². The summed E-state index contributed by atoms with van der Waals surface area (Å²) in [6, 6.07) is 58.5. The van der Waals surface area contributed by atoms with E-state index >= 15 is 0 Å². The molecule has 0 fully saturated rings. The largest absolute Gasteiger partial charge is 0.456 e. The summed E-state index contributed by atoms with van der Waals surface area (Å²) in [7, 11) is 0. The number of rotatable bonds is 5. The third kappa shape index (κ3) is 4.88. The second-order valence-corrected chi connectivity index (χ2v) is 13.8. The van der Waals surface area contributed by atoms with Gasteiger partial charge in [0.05, 0.1) is 16.9 Å². The average Bonchev–Trinajstić information content (AvgIpc) is 3.64. The Morgan fingerprint density at radius 2 is 0.981 bits per heavy atom. The van der Waals surface area contributed by atoms with Gasteiger partial charge in [-0.2, -0.15) is 0 Å². The molecule has 0 amide bonds. The number of nitrogens with zero attached hydrogens (tertiary/aromatic N) is 1. The molecule has 0 aliphatic rings. The molecule has 0 atom stereocenters. The second-order valence-electron chi connectivity index (χ2n) is 13.8. The zero-order valence-electron chi connectivity index (χ0n) is 33.1. The van der Waals surface area contributed by atoms with Crippen molar-refractivity contribution in [2.45, 2.75) is 0 Å². The van der Waals surface area contributed by atoms with Crippen LogP contribution in [0.4, 0.5) is 17.1 Å². The summed E-state index contributed by atoms with van der Waals surface area (Å²) in [5.74, 6) is 0. The lowest BCUT2D eigenvalue weighted by molar-refractivity contribution is 0.669. The summed E-state index contributed by atoms with van der Waals surface area (Å²) >= 11 is 0. The smallest absolute Gasteiger partial charge is 0.136 e. The third-order valence-electron chi connectivity index (χ3n) is 10.7. The van der Waals surface area contributed by atoms with E-state index in [0.29, 0.717) is 11.3 Å². The van der Waals surface area contributed by atoms with Gasteiger partial charge in [-0.25, -0.2) is 0 Å². The summed E-state index contributed by atoms with van der Waals surface area (Å²) in [5, 5.41) is 10.4. The molecular formula is C52H33NO. The Kier molecular flexibility index (Phi) is 6.02. The van der Waals surface area contributed by atoms with Crippen molar-refractivity contribution in [1.29, 1.82) is 0 Å². The highest BCUT2D eigenvalue weighted by Crippen LogP contribution is 2.47. The van der Waals surface area contributed by atoms with Crippen LogP contribution in [0.1, 0.15) is 5.48 Å². The molecule has 0 radical (unpaired) electrons. The van der Waals surface area contributed by atoms with Crippen molar-refractivity contribution in [2.75, 3.05) is 4.90 Å². The van der Waals surface area contributed by atoms with Gasteiger partial charge in [-0.3, -0.25) is 0 Å². The number of fused-ring (bicyclic) bond motifs is 8. The lowest BCUT2D eigenvalue weighted by Crippen LogP contribution is -2.11. The highest BCUT2D eigenvalue weighted by Gasteiger charge is 2.22. The normalized spacial score (nSPS) is 12.7. The monoisotopic (exact) mass is 691 g/mol. The molecule has 0 bridgehead atoms. The fourth-order valence-corrected chi connectivity index (χ4v) is 8.14. The molecule has 2 nitrogen and oxygen atoms in total. The van der Waals surface area contributed by atoms with Gasteiger partial charge in [-0.05, 0) is 103 Å². The van der Waals surface area contributed by atoms with E-state index in [0.717, 1.165) is 81.8 Å². The highest BCUT2D eigenvalue weighted by molar-refractivity contribution is 6.17. The number of anilines is 3. The van der Waals surface area contributed by atoms with Crippen LogP contribution in [-0.2, 0) is 0 Å². The van der Waals surface area contributed by atoms with Crippen molar-refractivity contribution in [1.82, 2.24) is 0 Å². The van der Waals surface area contributed by atoms with Gasteiger partial charge < -0.3 is 9.32 Å². The molecule has 0 unspecified atom stereocenters. The number of hydrogen-bond acceptors (Lipinski definition) is 2. The van der Waals surface area contributed by atoms with Gasteiger partial charge in [-0.1, -0.05) is 152 Å². The Morgan fingerprint density at radius 1 is 0.370 bits per heavy atom. The standard InChI is InChI=1S/C52H33NO/c1-2-14-38-33-51-47(32-37(38)13-1)52-46(19-10-22-50(52)54-51)45-18-7-8-20-49(45)53(48-21-9-15-35-11-4-6-17-44(35)48)41-28-25-34(26-29-41)39-27-30-43-40(31-39)24-23-36-12-3-5-16-42(36)43/h1-33H/i25D,26D,28D,29D. The number of furan rings is 1. The van der Waals surface area contributed by atoms with Crippen LogP contribution in [0.15, 0.2) is 205 Å². The third-order valence-corrected chi connectivity index (χ3v) is 10.7. The molecule has 0 N–H and O–H groups in total. The molecule has 11 aromatic rings. The molecule has 11 rings (SSSR count). The Balaban J connectivity index is 1.17. The summed E-state index contributed by atoms with van der Waals surface area (Å²) in [5.41, 5.74) is 5.87. The maximum atomic E-state index is 9.75. The lowest BCUT2D eigenvalue weighted by Gasteiger charge is -2.29. The van der Waals surface area contributed by atoms with E-state index in [1.165, 1.54) is 0 Å². The topological polar surface area (TPSA) is 16.4 Å². The van der Waals surface area contributed by atoms with Crippen molar-refractivity contribution in [3.05, 3.63) is 200 Å². The maximum Gasteiger partial charge on any atom is 0.136 e. The second kappa shape index (κ2) is 12.2. The molecule has 0 aliphatic heterocycles. The first-order chi connectivity index (χ1) is 28.4. The molecule has 10 aromatic carbocycles. The first kappa shape index (κ1) is 26.6. The van der Waals surface area contributed by atoms with Crippen LogP contribution >= 0.6 is 0 Å². The zero-order valence-corrected chi connectivity index (χ0v) is 29.1. The summed E-state index contributed by atoms with van der Waals surface area (Å²) in [6.45, 7) is 0. The van der Waals surface area contributed by atoms with Gasteiger partial charge >= 0.3 is 0 Å². The van der Waals surface area contributed by atoms with E-state index in [1.54, 1.807) is 0 Å². The number of hydrogen-bond donors (Lipinski definition) is 0. The molecule has 0 saturated heterocycles. The van der Waals surface area contributed by atoms with Gasteiger partial charge in [0, 0.05) is 27.4 Å². The number of para-hydroxylation sites is 1. The minimum absolute atomic E-state index is 0.103. The highest BCUT2D eigenvalue weighted by atomic mass is 16.3.